The Balaban J connectivity index is 0. The van der Waals surface area contributed by atoms with Crippen molar-refractivity contribution in [2.24, 2.45) is 11.5 Å². The number of carbonyl (C=O) groups excluding carboxylic acids is 3. The molecule has 0 bridgehead atoms. The molecule has 0 aromatic rings. The topological polar surface area (TPSA) is 128 Å². The molecule has 1 unspecified atom stereocenters. The van der Waals surface area contributed by atoms with Crippen molar-refractivity contribution in [3.63, 3.8) is 0 Å². The number of rotatable bonds is 15. The fourth-order valence-electron chi connectivity index (χ4n) is 2.89. The Hall–Kier alpha value is -2.13. The Kier molecular flexibility index (Phi) is 25.5. The first-order chi connectivity index (χ1) is 16.4. The molecule has 196 valence electrons. The minimum absolute atomic E-state index is 0.0509. The number of esters is 1. The van der Waals surface area contributed by atoms with Gasteiger partial charge < -0.3 is 26.3 Å². The summed E-state index contributed by atoms with van der Waals surface area (Å²) >= 11 is 0. The van der Waals surface area contributed by atoms with Crippen LogP contribution < -0.4 is 16.8 Å². The van der Waals surface area contributed by atoms with Crippen molar-refractivity contribution >= 4 is 18.0 Å². The zero-order valence-corrected chi connectivity index (χ0v) is 21.8. The Morgan fingerprint density at radius 1 is 1.15 bits per heavy atom. The van der Waals surface area contributed by atoms with Gasteiger partial charge in [-0.1, -0.05) is 51.2 Å². The number of ketones is 1. The maximum Gasteiger partial charge on any atom is 0.306 e. The summed E-state index contributed by atoms with van der Waals surface area (Å²) in [6.07, 6.45) is 14.3. The Labute approximate surface area is 206 Å². The molecule has 0 aromatic heterocycles. The maximum atomic E-state index is 11.3. The summed E-state index contributed by atoms with van der Waals surface area (Å²) in [5.74, 6) is 0.0802. The Morgan fingerprint density at radius 3 is 2.32 bits per heavy atom. The second-order valence-corrected chi connectivity index (χ2v) is 7.61. The fraction of sp³-hybridized carbons (Fsp3) is 0.654. The normalized spacial score (nSPS) is 13.0. The highest BCUT2D eigenvalue weighted by molar-refractivity contribution is 5.81. The van der Waals surface area contributed by atoms with E-state index in [1.165, 1.54) is 0 Å². The summed E-state index contributed by atoms with van der Waals surface area (Å²) < 4.78 is 5.10. The van der Waals surface area contributed by atoms with Crippen LogP contribution in [-0.4, -0.2) is 74.9 Å². The van der Waals surface area contributed by atoms with Crippen LogP contribution in [0.4, 0.5) is 0 Å². The smallest absolute Gasteiger partial charge is 0.306 e. The summed E-state index contributed by atoms with van der Waals surface area (Å²) in [7, 11) is 0. The van der Waals surface area contributed by atoms with Crippen LogP contribution in [0.1, 0.15) is 59.8 Å². The maximum absolute atomic E-state index is 11.3. The molecule has 0 spiro atoms. The molecular weight excluding hydrogens is 432 g/mol. The first-order valence-electron chi connectivity index (χ1n) is 12.4. The number of carbonyl (C=O) groups is 3. The lowest BCUT2D eigenvalue weighted by Crippen LogP contribution is -2.46. The van der Waals surface area contributed by atoms with E-state index in [1.54, 1.807) is 6.92 Å². The van der Waals surface area contributed by atoms with E-state index < -0.39 is 0 Å². The minimum Gasteiger partial charge on any atom is -0.461 e. The molecule has 8 heteroatoms. The molecule has 1 atom stereocenters. The third kappa shape index (κ3) is 20.5. The van der Waals surface area contributed by atoms with E-state index in [2.05, 4.69) is 43.1 Å². The molecule has 8 nitrogen and oxygen atoms in total. The molecule has 1 aliphatic carbocycles. The van der Waals surface area contributed by atoms with Crippen molar-refractivity contribution in [2.45, 2.75) is 65.8 Å². The van der Waals surface area contributed by atoms with Gasteiger partial charge in [-0.05, 0) is 64.5 Å². The average Bonchev–Trinajstić information content (AvgIpc) is 3.12. The highest BCUT2D eigenvalue weighted by atomic mass is 16.5. The molecule has 0 saturated carbocycles. The van der Waals surface area contributed by atoms with E-state index in [0.717, 1.165) is 50.9 Å². The number of allylic oxidation sites excluding steroid dienone is 4. The number of Topliss-reactive ketones (excluding diaryl/α,β-unsaturated/α-hetero) is 1. The zero-order valence-electron chi connectivity index (χ0n) is 21.8. The molecule has 0 aromatic carbocycles. The van der Waals surface area contributed by atoms with Crippen LogP contribution in [0, 0.1) is 0 Å². The zero-order chi connectivity index (χ0) is 26.0. The van der Waals surface area contributed by atoms with Gasteiger partial charge in [0.15, 0.2) is 0 Å². The Bertz CT molecular complexity index is 614. The van der Waals surface area contributed by atoms with Crippen molar-refractivity contribution in [1.29, 1.82) is 0 Å². The van der Waals surface area contributed by atoms with Crippen molar-refractivity contribution in [3.05, 3.63) is 36.0 Å². The number of nitrogens with one attached hydrogen (secondary N) is 1. The van der Waals surface area contributed by atoms with Crippen LogP contribution >= 0.6 is 0 Å². The van der Waals surface area contributed by atoms with Gasteiger partial charge in [0.05, 0.1) is 6.04 Å². The monoisotopic (exact) mass is 480 g/mol. The van der Waals surface area contributed by atoms with Crippen LogP contribution in [0.5, 0.6) is 0 Å². The van der Waals surface area contributed by atoms with E-state index in [4.69, 9.17) is 16.2 Å². The number of aldehydes is 1. The van der Waals surface area contributed by atoms with Crippen molar-refractivity contribution in [1.82, 2.24) is 10.2 Å². The van der Waals surface area contributed by atoms with Crippen LogP contribution in [0.15, 0.2) is 36.0 Å². The molecule has 0 fully saturated rings. The summed E-state index contributed by atoms with van der Waals surface area (Å²) in [6, 6.07) is 0.0509. The second kappa shape index (κ2) is 25.5. The van der Waals surface area contributed by atoms with Crippen LogP contribution in [0.3, 0.4) is 0 Å². The van der Waals surface area contributed by atoms with E-state index in [1.807, 2.05) is 18.2 Å². The molecule has 1 aliphatic rings. The van der Waals surface area contributed by atoms with E-state index in [9.17, 15) is 14.4 Å². The molecule has 34 heavy (non-hydrogen) atoms. The third-order valence-corrected chi connectivity index (χ3v) is 4.89. The van der Waals surface area contributed by atoms with Crippen LogP contribution in [0.25, 0.3) is 0 Å². The fourth-order valence-corrected chi connectivity index (χ4v) is 2.89. The van der Waals surface area contributed by atoms with Crippen molar-refractivity contribution in [3.8, 4) is 0 Å². The first kappa shape index (κ1) is 34.0. The quantitative estimate of drug-likeness (QED) is 0.185. The van der Waals surface area contributed by atoms with Crippen LogP contribution in [-0.2, 0) is 19.1 Å². The number of unbranched alkanes of at least 4 members (excludes halogenated alkanes) is 1. The van der Waals surface area contributed by atoms with E-state index >= 15 is 0 Å². The lowest BCUT2D eigenvalue weighted by atomic mass is 10.1. The summed E-state index contributed by atoms with van der Waals surface area (Å²) in [6.45, 7) is 13.0. The molecule has 0 heterocycles. The highest BCUT2D eigenvalue weighted by Crippen LogP contribution is 2.06. The van der Waals surface area contributed by atoms with Gasteiger partial charge in [0.25, 0.3) is 0 Å². The lowest BCUT2D eigenvalue weighted by molar-refractivity contribution is -0.142. The number of nitrogens with two attached hydrogens (primary N) is 2. The minimum atomic E-state index is -0.174. The number of hydrogen-bond acceptors (Lipinski definition) is 8. The standard InChI is InChI=1S/C12H17NO2.C10H22N2O.C4H9NO/c13-9-5-8-12(14)15-10-11-6-3-1-2-4-7-11;1-5-11-8-10(9(4)13)12(6-2)7-3;5-3-1-2-4-6/h1-3,6-7H,4-5,8-10,13H2;10-11H,5-8H2,1-4H3;4H,1-3,5H2. The van der Waals surface area contributed by atoms with Gasteiger partial charge in [-0.15, -0.1) is 0 Å². The SMILES string of the molecule is CCNCC(C(C)=O)N(CC)CC.NCCCC(=O)OCC1=CCC=CC=C1.NCCCC=O. The predicted octanol–water partition coefficient (Wildman–Crippen LogP) is 2.53. The van der Waals surface area contributed by atoms with Crippen molar-refractivity contribution < 1.29 is 19.1 Å². The van der Waals surface area contributed by atoms with Gasteiger partial charge in [-0.25, -0.2) is 0 Å². The first-order valence-corrected chi connectivity index (χ1v) is 12.4. The average molecular weight is 481 g/mol. The van der Waals surface area contributed by atoms with Gasteiger partial charge in [0.1, 0.15) is 18.7 Å². The molecule has 0 amide bonds. The molecule has 0 saturated heterocycles. The van der Waals surface area contributed by atoms with Crippen LogP contribution in [0.2, 0.25) is 0 Å². The highest BCUT2D eigenvalue weighted by Gasteiger charge is 2.19. The van der Waals surface area contributed by atoms with Gasteiger partial charge in [-0.2, -0.15) is 0 Å². The Morgan fingerprint density at radius 2 is 1.82 bits per heavy atom. The molecule has 0 radical (unpaired) electrons. The third-order valence-electron chi connectivity index (χ3n) is 4.89. The number of likely N-dealkylation sites (N-methyl/N-ethyl adjacent to an activating group) is 2. The van der Waals surface area contributed by atoms with E-state index in [-0.39, 0.29) is 17.8 Å². The molecular formula is C26H48N4O4. The predicted molar refractivity (Wildman–Crippen MR) is 141 cm³/mol. The summed E-state index contributed by atoms with van der Waals surface area (Å²) in [4.78, 5) is 34.2. The summed E-state index contributed by atoms with van der Waals surface area (Å²) in [5, 5.41) is 3.22. The van der Waals surface area contributed by atoms with Gasteiger partial charge in [0.2, 0.25) is 0 Å². The largest absolute Gasteiger partial charge is 0.461 e. The lowest BCUT2D eigenvalue weighted by Gasteiger charge is -2.27. The number of hydrogen-bond donors (Lipinski definition) is 3. The van der Waals surface area contributed by atoms with E-state index in [0.29, 0.717) is 39.0 Å². The second-order valence-electron chi connectivity index (χ2n) is 7.61. The molecule has 1 rings (SSSR count). The van der Waals surface area contributed by atoms with Gasteiger partial charge in [0, 0.05) is 19.4 Å². The molecule has 0 aliphatic heterocycles. The summed E-state index contributed by atoms with van der Waals surface area (Å²) in [5.41, 5.74) is 11.4. The van der Waals surface area contributed by atoms with Gasteiger partial charge in [-0.3, -0.25) is 14.5 Å². The number of ether oxygens (including phenoxy) is 1. The van der Waals surface area contributed by atoms with Crippen molar-refractivity contribution in [2.75, 3.05) is 45.9 Å². The number of nitrogens with zero attached hydrogens (tertiary/aromatic N) is 1. The molecule has 5 N–H and O–H groups in total. The van der Waals surface area contributed by atoms with Gasteiger partial charge >= 0.3 is 5.97 Å².